The molecule has 0 aliphatic carbocycles. The Morgan fingerprint density at radius 2 is 2.32 bits per heavy atom. The topological polar surface area (TPSA) is 48.5 Å². The number of piperidine rings is 1. The van der Waals surface area contributed by atoms with E-state index < -0.39 is 0 Å². The lowest BCUT2D eigenvalue weighted by atomic mass is 10.0. The number of urea groups is 1. The van der Waals surface area contributed by atoms with Gasteiger partial charge in [0.2, 0.25) is 0 Å². The first kappa shape index (κ1) is 16.7. The molecule has 1 aromatic rings. The van der Waals surface area contributed by atoms with Crippen LogP contribution in [0.15, 0.2) is 24.4 Å². The highest BCUT2D eigenvalue weighted by Crippen LogP contribution is 2.17. The molecule has 5 nitrogen and oxygen atoms in total. The molecule has 2 amide bonds. The van der Waals surface area contributed by atoms with Crippen molar-refractivity contribution >= 4 is 6.03 Å². The average molecular weight is 304 g/mol. The quantitative estimate of drug-likeness (QED) is 0.910. The zero-order chi connectivity index (χ0) is 15.9. The minimum Gasteiger partial charge on any atom is -0.336 e. The summed E-state index contributed by atoms with van der Waals surface area (Å²) >= 11 is 0. The summed E-state index contributed by atoms with van der Waals surface area (Å²) in [5.74, 6) is 0. The van der Waals surface area contributed by atoms with E-state index in [0.717, 1.165) is 25.3 Å². The number of pyridine rings is 1. The van der Waals surface area contributed by atoms with Crippen LogP contribution in [0.3, 0.4) is 0 Å². The fraction of sp³-hybridized carbons (Fsp3) is 0.647. The van der Waals surface area contributed by atoms with Crippen molar-refractivity contribution < 1.29 is 4.79 Å². The zero-order valence-electron chi connectivity index (χ0n) is 14.0. The molecule has 1 saturated heterocycles. The van der Waals surface area contributed by atoms with Gasteiger partial charge in [0.15, 0.2) is 0 Å². The summed E-state index contributed by atoms with van der Waals surface area (Å²) in [6.45, 7) is 7.13. The summed E-state index contributed by atoms with van der Waals surface area (Å²) in [6.07, 6.45) is 5.47. The van der Waals surface area contributed by atoms with E-state index in [4.69, 9.17) is 0 Å². The Bertz CT molecular complexity index is 465. The molecule has 1 fully saturated rings. The van der Waals surface area contributed by atoms with Crippen LogP contribution in [0, 0.1) is 0 Å². The molecule has 0 spiro atoms. The number of carbonyl (C=O) groups excluding carboxylic acids is 1. The van der Waals surface area contributed by atoms with E-state index in [2.05, 4.69) is 22.1 Å². The van der Waals surface area contributed by atoms with Crippen molar-refractivity contribution in [1.82, 2.24) is 20.1 Å². The fourth-order valence-electron chi connectivity index (χ4n) is 3.03. The second-order valence-electron chi connectivity index (χ2n) is 6.01. The van der Waals surface area contributed by atoms with Gasteiger partial charge >= 0.3 is 6.03 Å². The summed E-state index contributed by atoms with van der Waals surface area (Å²) in [5.41, 5.74) is 0.910. The normalized spacial score (nSPS) is 20.4. The monoisotopic (exact) mass is 304 g/mol. The SMILES string of the molecule is CCN1CCCCC1CNC(=O)N(C)C(C)c1ccccn1. The number of likely N-dealkylation sites (tertiary alicyclic amines) is 1. The molecule has 2 heterocycles. The van der Waals surface area contributed by atoms with Gasteiger partial charge in [0, 0.05) is 25.8 Å². The smallest absolute Gasteiger partial charge is 0.317 e. The Morgan fingerprint density at radius 3 is 3.00 bits per heavy atom. The standard InChI is InChI=1S/C17H28N4O/c1-4-21-12-8-6-9-15(21)13-19-17(22)20(3)14(2)16-10-5-7-11-18-16/h5,7,10-11,14-15H,4,6,8-9,12-13H2,1-3H3,(H,19,22). The molecule has 122 valence electrons. The summed E-state index contributed by atoms with van der Waals surface area (Å²) < 4.78 is 0. The number of hydrogen-bond acceptors (Lipinski definition) is 3. The predicted octanol–water partition coefficient (Wildman–Crippen LogP) is 2.66. The molecule has 1 N–H and O–H groups in total. The first-order valence-electron chi connectivity index (χ1n) is 8.29. The minimum absolute atomic E-state index is 0.0280. The number of carbonyl (C=O) groups is 1. The number of likely N-dealkylation sites (N-methyl/N-ethyl adjacent to an activating group) is 1. The lowest BCUT2D eigenvalue weighted by molar-refractivity contribution is 0.147. The van der Waals surface area contributed by atoms with E-state index in [1.54, 1.807) is 11.1 Å². The van der Waals surface area contributed by atoms with E-state index in [1.165, 1.54) is 19.3 Å². The van der Waals surface area contributed by atoms with E-state index >= 15 is 0 Å². The summed E-state index contributed by atoms with van der Waals surface area (Å²) in [7, 11) is 1.83. The van der Waals surface area contributed by atoms with Crippen molar-refractivity contribution in [2.75, 3.05) is 26.7 Å². The molecule has 5 heteroatoms. The van der Waals surface area contributed by atoms with Gasteiger partial charge in [-0.15, -0.1) is 0 Å². The third kappa shape index (κ3) is 4.19. The zero-order valence-corrected chi connectivity index (χ0v) is 14.0. The Labute approximate surface area is 133 Å². The molecule has 0 saturated carbocycles. The predicted molar refractivity (Wildman–Crippen MR) is 88.7 cm³/mol. The van der Waals surface area contributed by atoms with Crippen LogP contribution in [0.2, 0.25) is 0 Å². The average Bonchev–Trinajstić information content (AvgIpc) is 2.59. The van der Waals surface area contributed by atoms with Crippen LogP contribution in [0.4, 0.5) is 4.79 Å². The van der Waals surface area contributed by atoms with Gasteiger partial charge in [-0.05, 0) is 45.0 Å². The summed E-state index contributed by atoms with van der Waals surface area (Å²) in [4.78, 5) is 20.9. The van der Waals surface area contributed by atoms with Gasteiger partial charge in [-0.3, -0.25) is 9.88 Å². The molecular weight excluding hydrogens is 276 g/mol. The number of nitrogens with zero attached hydrogens (tertiary/aromatic N) is 3. The van der Waals surface area contributed by atoms with Crippen LogP contribution in [0.1, 0.15) is 44.8 Å². The molecule has 1 aliphatic heterocycles. The lowest BCUT2D eigenvalue weighted by Gasteiger charge is -2.35. The second kappa shape index (κ2) is 8.13. The van der Waals surface area contributed by atoms with Crippen LogP contribution in [-0.2, 0) is 0 Å². The fourth-order valence-corrected chi connectivity index (χ4v) is 3.03. The van der Waals surface area contributed by atoms with Crippen LogP contribution in [0.25, 0.3) is 0 Å². The largest absolute Gasteiger partial charge is 0.336 e. The maximum absolute atomic E-state index is 12.4. The lowest BCUT2D eigenvalue weighted by Crippen LogP contribution is -2.49. The van der Waals surface area contributed by atoms with Gasteiger partial charge < -0.3 is 10.2 Å². The van der Waals surface area contributed by atoms with Crippen LogP contribution < -0.4 is 5.32 Å². The molecular formula is C17H28N4O. The third-order valence-corrected chi connectivity index (χ3v) is 4.66. The van der Waals surface area contributed by atoms with Crippen LogP contribution >= 0.6 is 0 Å². The van der Waals surface area contributed by atoms with Gasteiger partial charge in [-0.1, -0.05) is 19.4 Å². The molecule has 1 aromatic heterocycles. The number of aromatic nitrogens is 1. The number of nitrogens with one attached hydrogen (secondary N) is 1. The number of rotatable bonds is 5. The minimum atomic E-state index is -0.0326. The highest BCUT2D eigenvalue weighted by atomic mass is 16.2. The Morgan fingerprint density at radius 1 is 1.50 bits per heavy atom. The van der Waals surface area contributed by atoms with Gasteiger partial charge in [-0.25, -0.2) is 4.79 Å². The Kier molecular flexibility index (Phi) is 6.19. The molecule has 22 heavy (non-hydrogen) atoms. The van der Waals surface area contributed by atoms with Gasteiger partial charge in [0.1, 0.15) is 0 Å². The van der Waals surface area contributed by atoms with Crippen molar-refractivity contribution in [3.63, 3.8) is 0 Å². The first-order chi connectivity index (χ1) is 10.6. The summed E-state index contributed by atoms with van der Waals surface area (Å²) in [5, 5.41) is 3.08. The summed E-state index contributed by atoms with van der Waals surface area (Å²) in [6, 6.07) is 6.20. The van der Waals surface area contributed by atoms with Crippen molar-refractivity contribution in [1.29, 1.82) is 0 Å². The van der Waals surface area contributed by atoms with Crippen molar-refractivity contribution in [3.05, 3.63) is 30.1 Å². The van der Waals surface area contributed by atoms with E-state index in [1.807, 2.05) is 32.2 Å². The van der Waals surface area contributed by atoms with E-state index in [0.29, 0.717) is 6.04 Å². The van der Waals surface area contributed by atoms with Gasteiger partial charge in [-0.2, -0.15) is 0 Å². The highest BCUT2D eigenvalue weighted by Gasteiger charge is 2.23. The second-order valence-corrected chi connectivity index (χ2v) is 6.01. The van der Waals surface area contributed by atoms with Crippen molar-refractivity contribution in [2.24, 2.45) is 0 Å². The van der Waals surface area contributed by atoms with E-state index in [9.17, 15) is 4.79 Å². The number of amides is 2. The van der Waals surface area contributed by atoms with Gasteiger partial charge in [0.05, 0.1) is 11.7 Å². The molecule has 2 unspecified atom stereocenters. The van der Waals surface area contributed by atoms with Crippen molar-refractivity contribution in [3.8, 4) is 0 Å². The maximum Gasteiger partial charge on any atom is 0.317 e. The molecule has 2 rings (SSSR count). The molecule has 0 aromatic carbocycles. The first-order valence-corrected chi connectivity index (χ1v) is 8.29. The molecule has 0 radical (unpaired) electrons. The van der Waals surface area contributed by atoms with Crippen LogP contribution in [0.5, 0.6) is 0 Å². The Balaban J connectivity index is 1.86. The van der Waals surface area contributed by atoms with Gasteiger partial charge in [0.25, 0.3) is 0 Å². The molecule has 1 aliphatic rings. The number of hydrogen-bond donors (Lipinski definition) is 1. The van der Waals surface area contributed by atoms with Crippen LogP contribution in [-0.4, -0.2) is 53.5 Å². The maximum atomic E-state index is 12.4. The van der Waals surface area contributed by atoms with Crippen molar-refractivity contribution in [2.45, 2.75) is 45.2 Å². The molecule has 0 bridgehead atoms. The molecule has 2 atom stereocenters. The van der Waals surface area contributed by atoms with E-state index in [-0.39, 0.29) is 12.1 Å². The Hall–Kier alpha value is -1.62. The third-order valence-electron chi connectivity index (χ3n) is 4.66. The highest BCUT2D eigenvalue weighted by molar-refractivity contribution is 5.74.